The average Bonchev–Trinajstić information content (AvgIpc) is 2.62. The van der Waals surface area contributed by atoms with E-state index in [9.17, 15) is 14.0 Å². The van der Waals surface area contributed by atoms with Gasteiger partial charge in [-0.2, -0.15) is 0 Å². The number of halogens is 2. The van der Waals surface area contributed by atoms with E-state index < -0.39 is 17.8 Å². The lowest BCUT2D eigenvalue weighted by Gasteiger charge is -2.29. The molecule has 7 heteroatoms. The van der Waals surface area contributed by atoms with E-state index in [0.717, 1.165) is 5.56 Å². The summed E-state index contributed by atoms with van der Waals surface area (Å²) in [4.78, 5) is 28.6. The van der Waals surface area contributed by atoms with Crippen molar-refractivity contribution < 1.29 is 18.7 Å². The molecule has 0 aromatic heterocycles. The van der Waals surface area contributed by atoms with E-state index in [4.69, 9.17) is 16.3 Å². The van der Waals surface area contributed by atoms with E-state index in [0.29, 0.717) is 16.4 Å². The summed E-state index contributed by atoms with van der Waals surface area (Å²) in [5.74, 6) is -2.29. The van der Waals surface area contributed by atoms with Crippen LogP contribution in [0.2, 0.25) is 0 Å². The molecule has 0 fully saturated rings. The first-order valence-electron chi connectivity index (χ1n) is 7.94. The number of carbonyl (C=O) groups is 2. The van der Waals surface area contributed by atoms with Gasteiger partial charge >= 0.3 is 5.97 Å². The van der Waals surface area contributed by atoms with Gasteiger partial charge in [0.25, 0.3) is 5.91 Å². The zero-order valence-electron chi connectivity index (χ0n) is 14.1. The lowest BCUT2D eigenvalue weighted by molar-refractivity contribution is -0.137. The molecule has 2 aliphatic rings. The highest BCUT2D eigenvalue weighted by molar-refractivity contribution is 6.46. The first kappa shape index (κ1) is 18.1. The number of hydrogen-bond acceptors (Lipinski definition) is 4. The number of aliphatic imine (C=N–C) groups is 1. The predicted octanol–water partition coefficient (Wildman–Crippen LogP) is 3.19. The third kappa shape index (κ3) is 3.32. The van der Waals surface area contributed by atoms with E-state index >= 15 is 0 Å². The van der Waals surface area contributed by atoms with Crippen molar-refractivity contribution in [2.45, 2.75) is 13.0 Å². The van der Waals surface area contributed by atoms with Gasteiger partial charge in [0, 0.05) is 11.7 Å². The maximum absolute atomic E-state index is 13.2. The van der Waals surface area contributed by atoms with Gasteiger partial charge in [-0.15, -0.1) is 0 Å². The van der Waals surface area contributed by atoms with Crippen LogP contribution in [-0.4, -0.2) is 24.7 Å². The number of benzene rings is 1. The van der Waals surface area contributed by atoms with Crippen LogP contribution in [0, 0.1) is 11.7 Å². The highest BCUT2D eigenvalue weighted by Gasteiger charge is 2.37. The number of nitrogens with zero attached hydrogens (tertiary/aromatic N) is 1. The molecule has 134 valence electrons. The predicted molar refractivity (Wildman–Crippen MR) is 96.0 cm³/mol. The van der Waals surface area contributed by atoms with Gasteiger partial charge in [0.15, 0.2) is 0 Å². The third-order valence-electron chi connectivity index (χ3n) is 4.23. The number of carbonyl (C=O) groups excluding carboxylic acids is 2. The van der Waals surface area contributed by atoms with Crippen LogP contribution in [0.1, 0.15) is 18.5 Å². The topological polar surface area (TPSA) is 67.8 Å². The minimum Gasteiger partial charge on any atom is -0.465 e. The fourth-order valence-corrected chi connectivity index (χ4v) is 3.13. The molecule has 3 rings (SSSR count). The van der Waals surface area contributed by atoms with Crippen molar-refractivity contribution in [3.8, 4) is 0 Å². The number of amides is 1. The van der Waals surface area contributed by atoms with Gasteiger partial charge in [-0.3, -0.25) is 4.79 Å². The van der Waals surface area contributed by atoms with Crippen molar-refractivity contribution in [3.63, 3.8) is 0 Å². The second-order valence-corrected chi connectivity index (χ2v) is 6.28. The number of ether oxygens (including phenoxy) is 1. The molecule has 0 saturated carbocycles. The number of fused-ring (bicyclic) bond motifs is 1. The van der Waals surface area contributed by atoms with Crippen LogP contribution in [0.3, 0.4) is 0 Å². The van der Waals surface area contributed by atoms with Crippen molar-refractivity contribution in [3.05, 3.63) is 70.2 Å². The first-order valence-corrected chi connectivity index (χ1v) is 8.32. The Labute approximate surface area is 154 Å². The number of dihydropyridines is 1. The SMILES string of the molecule is COC(=O)C1=C(NC(C)c2ccc(F)cc2)C2C=CC=C(Cl)C2=NC1=O. The van der Waals surface area contributed by atoms with Crippen LogP contribution >= 0.6 is 11.6 Å². The summed E-state index contributed by atoms with van der Waals surface area (Å²) in [5.41, 5.74) is 1.37. The lowest BCUT2D eigenvalue weighted by Crippen LogP contribution is -2.37. The van der Waals surface area contributed by atoms with Gasteiger partial charge in [-0.1, -0.05) is 35.9 Å². The number of rotatable bonds is 4. The van der Waals surface area contributed by atoms with E-state index in [-0.39, 0.29) is 17.4 Å². The highest BCUT2D eigenvalue weighted by atomic mass is 35.5. The fourth-order valence-electron chi connectivity index (χ4n) is 2.90. The van der Waals surface area contributed by atoms with Crippen LogP contribution in [0.5, 0.6) is 0 Å². The number of allylic oxidation sites excluding steroid dienone is 4. The minimum atomic E-state index is -0.773. The summed E-state index contributed by atoms with van der Waals surface area (Å²) in [7, 11) is 1.20. The Hall–Kier alpha value is -2.73. The third-order valence-corrected chi connectivity index (χ3v) is 4.55. The molecule has 0 radical (unpaired) electrons. The molecule has 5 nitrogen and oxygen atoms in total. The molecule has 2 atom stereocenters. The van der Waals surface area contributed by atoms with E-state index in [1.165, 1.54) is 19.2 Å². The molecule has 0 spiro atoms. The molecule has 1 aliphatic heterocycles. The number of methoxy groups -OCH3 is 1. The first-order chi connectivity index (χ1) is 12.4. The Bertz CT molecular complexity index is 885. The molecule has 1 aromatic rings. The Balaban J connectivity index is 2.02. The number of nitrogens with one attached hydrogen (secondary N) is 1. The summed E-state index contributed by atoms with van der Waals surface area (Å²) < 4.78 is 17.9. The monoisotopic (exact) mass is 374 g/mol. The Kier molecular flexibility index (Phi) is 5.04. The lowest BCUT2D eigenvalue weighted by atomic mass is 9.88. The second kappa shape index (κ2) is 7.25. The summed E-state index contributed by atoms with van der Waals surface area (Å²) in [6.07, 6.45) is 5.16. The molecular weight excluding hydrogens is 359 g/mol. The van der Waals surface area contributed by atoms with Crippen LogP contribution in [-0.2, 0) is 14.3 Å². The second-order valence-electron chi connectivity index (χ2n) is 5.88. The Morgan fingerprint density at radius 3 is 2.69 bits per heavy atom. The van der Waals surface area contributed by atoms with E-state index in [1.807, 2.05) is 6.92 Å². The number of hydrogen-bond donors (Lipinski definition) is 1. The van der Waals surface area contributed by atoms with Crippen molar-refractivity contribution in [2.75, 3.05) is 7.11 Å². The van der Waals surface area contributed by atoms with Gasteiger partial charge in [0.05, 0.1) is 23.8 Å². The average molecular weight is 375 g/mol. The highest BCUT2D eigenvalue weighted by Crippen LogP contribution is 2.32. The molecule has 26 heavy (non-hydrogen) atoms. The Morgan fingerprint density at radius 2 is 2.04 bits per heavy atom. The van der Waals surface area contributed by atoms with Crippen molar-refractivity contribution in [1.29, 1.82) is 0 Å². The van der Waals surface area contributed by atoms with Gasteiger partial charge in [0.1, 0.15) is 11.4 Å². The summed E-state index contributed by atoms with van der Waals surface area (Å²) >= 11 is 6.17. The van der Waals surface area contributed by atoms with Crippen LogP contribution < -0.4 is 5.32 Å². The maximum atomic E-state index is 13.2. The molecule has 0 bridgehead atoms. The molecular formula is C19H16ClFN2O3. The quantitative estimate of drug-likeness (QED) is 0.649. The standard InChI is InChI=1S/C19H16ClFN2O3/c1-10(11-6-8-12(21)9-7-11)22-17-13-4-3-5-14(20)16(13)23-18(24)15(17)19(25)26-2/h3-10,13,22H,1-2H3. The van der Waals surface area contributed by atoms with Crippen molar-refractivity contribution in [2.24, 2.45) is 10.9 Å². The van der Waals surface area contributed by atoms with Gasteiger partial charge < -0.3 is 10.1 Å². The van der Waals surface area contributed by atoms with Crippen LogP contribution in [0.15, 0.2) is 63.8 Å². The van der Waals surface area contributed by atoms with E-state index in [1.54, 1.807) is 30.4 Å². The normalized spacial score (nSPS) is 20.2. The van der Waals surface area contributed by atoms with Crippen LogP contribution in [0.25, 0.3) is 0 Å². The molecule has 2 unspecified atom stereocenters. The van der Waals surface area contributed by atoms with Gasteiger partial charge in [-0.25, -0.2) is 14.2 Å². The fraction of sp³-hybridized carbons (Fsp3) is 0.211. The van der Waals surface area contributed by atoms with Crippen molar-refractivity contribution >= 4 is 29.2 Å². The maximum Gasteiger partial charge on any atom is 0.345 e. The van der Waals surface area contributed by atoms with E-state index in [2.05, 4.69) is 10.3 Å². The minimum absolute atomic E-state index is 0.161. The Morgan fingerprint density at radius 1 is 1.35 bits per heavy atom. The largest absolute Gasteiger partial charge is 0.465 e. The molecule has 1 amide bonds. The summed E-state index contributed by atoms with van der Waals surface area (Å²) in [6, 6.07) is 5.67. The smallest absolute Gasteiger partial charge is 0.345 e. The molecule has 1 N–H and O–H groups in total. The van der Waals surface area contributed by atoms with Crippen molar-refractivity contribution in [1.82, 2.24) is 5.32 Å². The van der Waals surface area contributed by atoms with Gasteiger partial charge in [0.2, 0.25) is 0 Å². The van der Waals surface area contributed by atoms with Crippen LogP contribution in [0.4, 0.5) is 4.39 Å². The zero-order chi connectivity index (χ0) is 18.8. The number of esters is 1. The zero-order valence-corrected chi connectivity index (χ0v) is 14.9. The molecule has 0 saturated heterocycles. The molecule has 1 aliphatic carbocycles. The molecule has 1 aromatic carbocycles. The summed E-state index contributed by atoms with van der Waals surface area (Å²) in [6.45, 7) is 1.84. The summed E-state index contributed by atoms with van der Waals surface area (Å²) in [5, 5.41) is 3.52. The van der Waals surface area contributed by atoms with Gasteiger partial charge in [-0.05, 0) is 30.7 Å². The molecule has 1 heterocycles.